The topological polar surface area (TPSA) is 6.25 Å². The molecule has 0 N–H and O–H groups in total. The van der Waals surface area contributed by atoms with Gasteiger partial charge in [0.05, 0.1) is 5.41 Å². The summed E-state index contributed by atoms with van der Waals surface area (Å²) in [6.07, 6.45) is 13.8. The maximum absolute atomic E-state index is 10.7. The molecule has 280 valence electrons. The fourth-order valence-corrected chi connectivity index (χ4v) is 7.68. The van der Waals surface area contributed by atoms with Crippen molar-refractivity contribution in [1.82, 2.24) is 0 Å². The van der Waals surface area contributed by atoms with Gasteiger partial charge in [-0.2, -0.15) is 4.58 Å². The molecule has 4 aromatic rings. The Morgan fingerprint density at radius 1 is 0.654 bits per heavy atom. The molecule has 0 spiro atoms. The van der Waals surface area contributed by atoms with Crippen molar-refractivity contribution in [1.29, 1.82) is 0 Å². The fraction of sp³-hybridized carbons (Fsp3) is 0.372. The third kappa shape index (κ3) is 9.00. The SMILES string of the molecule is CC(C)CCN1\C(=C/C=C/C=C/C2=[N+](CCC(C)C)c3ccc4ccccc4c3C2(C)C)C(C)(C)c2c1ccc1ccccc21.F[P-](F)(F)(F)(F)F. The van der Waals surface area contributed by atoms with Crippen LogP contribution in [0.15, 0.2) is 109 Å². The molecule has 52 heavy (non-hydrogen) atoms. The van der Waals surface area contributed by atoms with Gasteiger partial charge in [-0.3, -0.25) is 0 Å². The number of fused-ring (bicyclic) bond motifs is 6. The predicted molar refractivity (Wildman–Crippen MR) is 210 cm³/mol. The Bertz CT molecular complexity index is 2090. The average molecular weight is 741 g/mol. The van der Waals surface area contributed by atoms with E-state index in [1.807, 2.05) is 0 Å². The third-order valence-corrected chi connectivity index (χ3v) is 10.1. The van der Waals surface area contributed by atoms with E-state index in [-0.39, 0.29) is 10.8 Å². The molecule has 0 aliphatic carbocycles. The van der Waals surface area contributed by atoms with Crippen molar-refractivity contribution in [3.05, 3.63) is 120 Å². The molecule has 0 atom stereocenters. The van der Waals surface area contributed by atoms with E-state index in [0.717, 1.165) is 25.9 Å². The molecule has 2 heterocycles. The van der Waals surface area contributed by atoms with Crippen LogP contribution in [-0.4, -0.2) is 23.4 Å². The first-order valence-electron chi connectivity index (χ1n) is 18.1. The van der Waals surface area contributed by atoms with Gasteiger partial charge in [0.2, 0.25) is 5.69 Å². The first-order valence-corrected chi connectivity index (χ1v) is 20.1. The maximum atomic E-state index is 9.87. The van der Waals surface area contributed by atoms with E-state index in [1.165, 1.54) is 55.5 Å². The summed E-state index contributed by atoms with van der Waals surface area (Å²) in [6, 6.07) is 27.0. The van der Waals surface area contributed by atoms with Gasteiger partial charge in [0.25, 0.3) is 0 Å². The Kier molecular flexibility index (Phi) is 10.2. The normalized spacial score (nSPS) is 18.8. The van der Waals surface area contributed by atoms with Gasteiger partial charge in [-0.15, -0.1) is 0 Å². The van der Waals surface area contributed by atoms with Gasteiger partial charge in [-0.1, -0.05) is 114 Å². The summed E-state index contributed by atoms with van der Waals surface area (Å²) in [4.78, 5) is 2.58. The molecule has 0 radical (unpaired) electrons. The van der Waals surface area contributed by atoms with Crippen LogP contribution in [0.4, 0.5) is 36.6 Å². The van der Waals surface area contributed by atoms with Gasteiger partial charge in [-0.25, -0.2) is 0 Å². The summed E-state index contributed by atoms with van der Waals surface area (Å²) in [5.74, 6) is 1.31. The fourth-order valence-electron chi connectivity index (χ4n) is 7.68. The van der Waals surface area contributed by atoms with E-state index >= 15 is 0 Å². The molecule has 2 aliphatic heterocycles. The molecule has 0 saturated carbocycles. The molecule has 0 saturated heterocycles. The summed E-state index contributed by atoms with van der Waals surface area (Å²) >= 11 is 0. The van der Waals surface area contributed by atoms with E-state index in [4.69, 9.17) is 0 Å². The molecule has 0 aromatic heterocycles. The molecule has 6 rings (SSSR count). The number of rotatable bonds is 9. The molecular weight excluding hydrogens is 689 g/mol. The molecule has 0 fully saturated rings. The zero-order chi connectivity index (χ0) is 38.3. The van der Waals surface area contributed by atoms with Crippen molar-refractivity contribution in [3.8, 4) is 0 Å². The molecule has 0 bridgehead atoms. The molecule has 0 amide bonds. The molecule has 2 nitrogen and oxygen atoms in total. The number of nitrogens with zero attached hydrogens (tertiary/aromatic N) is 2. The zero-order valence-corrected chi connectivity index (χ0v) is 32.3. The van der Waals surface area contributed by atoms with Gasteiger partial charge in [-0.05, 0) is 77.4 Å². The van der Waals surface area contributed by atoms with E-state index < -0.39 is 7.81 Å². The molecule has 0 unspecified atom stereocenters. The Morgan fingerprint density at radius 3 is 1.77 bits per heavy atom. The summed E-state index contributed by atoms with van der Waals surface area (Å²) < 4.78 is 61.8. The van der Waals surface area contributed by atoms with Crippen LogP contribution in [0.1, 0.15) is 79.4 Å². The first-order chi connectivity index (χ1) is 24.0. The van der Waals surface area contributed by atoms with Crippen molar-refractivity contribution >= 4 is 46.4 Å². The van der Waals surface area contributed by atoms with Crippen LogP contribution in [-0.2, 0) is 10.8 Å². The Labute approximate surface area is 304 Å². The van der Waals surface area contributed by atoms with Crippen molar-refractivity contribution in [3.63, 3.8) is 0 Å². The summed E-state index contributed by atoms with van der Waals surface area (Å²) in [7, 11) is -10.7. The molecular formula is C43H51F6N2P. The van der Waals surface area contributed by atoms with Crippen molar-refractivity contribution in [2.24, 2.45) is 11.8 Å². The number of benzene rings is 4. The van der Waals surface area contributed by atoms with Crippen LogP contribution >= 0.6 is 7.81 Å². The first kappa shape index (κ1) is 39.3. The molecule has 9 heteroatoms. The minimum absolute atomic E-state index is 0.0836. The van der Waals surface area contributed by atoms with Gasteiger partial charge in [0.1, 0.15) is 6.54 Å². The van der Waals surface area contributed by atoms with Gasteiger partial charge in [0, 0.05) is 47.5 Å². The second-order valence-corrected chi connectivity index (χ2v) is 17.8. The van der Waals surface area contributed by atoms with Gasteiger partial charge in [0.15, 0.2) is 5.71 Å². The number of halogens is 6. The predicted octanol–water partition coefficient (Wildman–Crippen LogP) is 14.6. The van der Waals surface area contributed by atoms with Crippen LogP contribution in [0.25, 0.3) is 21.5 Å². The quantitative estimate of drug-likeness (QED) is 0.0717. The minimum atomic E-state index is -10.7. The van der Waals surface area contributed by atoms with Gasteiger partial charge >= 0.3 is 33.0 Å². The summed E-state index contributed by atoms with van der Waals surface area (Å²) in [6.45, 7) is 20.9. The Balaban J connectivity index is 0.000000679. The van der Waals surface area contributed by atoms with Crippen LogP contribution in [0.3, 0.4) is 0 Å². The van der Waals surface area contributed by atoms with Crippen LogP contribution in [0, 0.1) is 11.8 Å². The van der Waals surface area contributed by atoms with Crippen molar-refractivity contribution < 1.29 is 29.8 Å². The van der Waals surface area contributed by atoms with Crippen LogP contribution in [0.5, 0.6) is 0 Å². The van der Waals surface area contributed by atoms with Crippen LogP contribution in [0.2, 0.25) is 0 Å². The van der Waals surface area contributed by atoms with E-state index in [1.54, 1.807) is 0 Å². The number of hydrogen-bond donors (Lipinski definition) is 0. The molecule has 2 aliphatic rings. The van der Waals surface area contributed by atoms with Crippen LogP contribution < -0.4 is 4.90 Å². The summed E-state index contributed by atoms with van der Waals surface area (Å²) in [5, 5.41) is 5.38. The summed E-state index contributed by atoms with van der Waals surface area (Å²) in [5.41, 5.74) is 8.23. The average Bonchev–Trinajstić information content (AvgIpc) is 3.39. The van der Waals surface area contributed by atoms with Gasteiger partial charge < -0.3 is 4.90 Å². The van der Waals surface area contributed by atoms with Crippen molar-refractivity contribution in [2.45, 2.75) is 79.1 Å². The Hall–Kier alpha value is -3.90. The van der Waals surface area contributed by atoms with Crippen molar-refractivity contribution in [2.75, 3.05) is 18.0 Å². The zero-order valence-electron chi connectivity index (χ0n) is 31.4. The number of anilines is 1. The second kappa shape index (κ2) is 13.5. The third-order valence-electron chi connectivity index (χ3n) is 10.1. The number of allylic oxidation sites excluding steroid dienone is 6. The second-order valence-electron chi connectivity index (χ2n) is 15.9. The van der Waals surface area contributed by atoms with E-state index in [9.17, 15) is 25.2 Å². The van der Waals surface area contributed by atoms with E-state index in [2.05, 4.69) is 168 Å². The Morgan fingerprint density at radius 2 is 1.19 bits per heavy atom. The number of hydrogen-bond acceptors (Lipinski definition) is 1. The molecule has 4 aromatic carbocycles. The monoisotopic (exact) mass is 740 g/mol. The van der Waals surface area contributed by atoms with E-state index in [0.29, 0.717) is 11.8 Å². The standard InChI is InChI=1S/C43H51N2.F6P/c1-30(2)26-28-44-36-24-22-32-16-12-14-18-34(32)40(36)42(5,6)38(44)20-10-9-11-21-39-43(7,8)41-35-19-15-13-17-33(35)23-25-37(41)45(39)29-27-31(3)4;1-7(2,3,4,5)6/h9-25,30-31H,26-29H2,1-8H3;/q+1;-1.